The zero-order valence-electron chi connectivity index (χ0n) is 18.5. The summed E-state index contributed by atoms with van der Waals surface area (Å²) < 4.78 is 11.9. The maximum absolute atomic E-state index is 13.7. The number of carbonyl (C=O) groups excluding carboxylic acids is 1. The van der Waals surface area contributed by atoms with Crippen LogP contribution in [0.25, 0.3) is 21.2 Å². The van der Waals surface area contributed by atoms with Crippen LogP contribution in [0, 0.1) is 0 Å². The van der Waals surface area contributed by atoms with E-state index >= 15 is 0 Å². The second kappa shape index (κ2) is 9.43. The Kier molecular flexibility index (Phi) is 6.22. The van der Waals surface area contributed by atoms with E-state index < -0.39 is 5.63 Å². The maximum atomic E-state index is 13.7. The van der Waals surface area contributed by atoms with Crippen LogP contribution in [0.1, 0.15) is 22.8 Å². The van der Waals surface area contributed by atoms with Crippen LogP contribution in [0.4, 0.5) is 5.13 Å². The molecule has 0 bridgehead atoms. The smallest absolute Gasteiger partial charge is 0.349 e. The molecular weight excluding hydrogens is 438 g/mol. The van der Waals surface area contributed by atoms with E-state index in [1.165, 1.54) is 11.3 Å². The molecule has 4 aromatic rings. The summed E-state index contributed by atoms with van der Waals surface area (Å²) in [7, 11) is 0. The number of rotatable bonds is 6. The monoisotopic (exact) mass is 463 g/mol. The number of hydrogen-bond acceptors (Lipinski definition) is 7. The summed E-state index contributed by atoms with van der Waals surface area (Å²) in [5.74, 6) is -0.389. The summed E-state index contributed by atoms with van der Waals surface area (Å²) in [5, 5.41) is 1.31. The van der Waals surface area contributed by atoms with Crippen molar-refractivity contribution >= 4 is 43.6 Å². The lowest BCUT2D eigenvalue weighted by molar-refractivity contribution is 0.0391. The van der Waals surface area contributed by atoms with Crippen molar-refractivity contribution in [3.8, 4) is 0 Å². The second-order valence-electron chi connectivity index (χ2n) is 8.01. The highest BCUT2D eigenvalue weighted by atomic mass is 32.1. The summed E-state index contributed by atoms with van der Waals surface area (Å²) in [4.78, 5) is 35.2. The van der Waals surface area contributed by atoms with E-state index in [0.717, 1.165) is 35.3 Å². The first kappa shape index (κ1) is 21.8. The number of nitrogens with zero attached hydrogens (tertiary/aromatic N) is 3. The quantitative estimate of drug-likeness (QED) is 0.403. The van der Waals surface area contributed by atoms with Crippen LogP contribution in [-0.2, 0) is 11.2 Å². The molecular formula is C25H25N3O4S. The molecule has 33 heavy (non-hydrogen) atoms. The Labute approximate surface area is 195 Å². The molecule has 0 radical (unpaired) electrons. The van der Waals surface area contributed by atoms with E-state index in [4.69, 9.17) is 14.1 Å². The van der Waals surface area contributed by atoms with Gasteiger partial charge >= 0.3 is 5.63 Å². The lowest BCUT2D eigenvalue weighted by Crippen LogP contribution is -2.44. The number of aromatic nitrogens is 1. The minimum Gasteiger partial charge on any atom is -0.422 e. The molecule has 8 heteroatoms. The van der Waals surface area contributed by atoms with Crippen molar-refractivity contribution in [2.75, 3.05) is 44.3 Å². The predicted octanol–water partition coefficient (Wildman–Crippen LogP) is 3.94. The van der Waals surface area contributed by atoms with Crippen molar-refractivity contribution in [2.45, 2.75) is 13.3 Å². The predicted molar refractivity (Wildman–Crippen MR) is 130 cm³/mol. The van der Waals surface area contributed by atoms with Gasteiger partial charge in [-0.3, -0.25) is 14.6 Å². The fourth-order valence-electron chi connectivity index (χ4n) is 4.10. The van der Waals surface area contributed by atoms with Crippen molar-refractivity contribution in [3.63, 3.8) is 0 Å². The van der Waals surface area contributed by atoms with Gasteiger partial charge in [-0.2, -0.15) is 0 Å². The average molecular weight is 464 g/mol. The average Bonchev–Trinajstić information content (AvgIpc) is 3.28. The molecule has 0 spiro atoms. The van der Waals surface area contributed by atoms with Gasteiger partial charge in [-0.15, -0.1) is 0 Å². The second-order valence-corrected chi connectivity index (χ2v) is 9.02. The molecule has 170 valence electrons. The molecule has 2 aromatic heterocycles. The summed E-state index contributed by atoms with van der Waals surface area (Å²) in [6.45, 7) is 6.19. The molecule has 3 heterocycles. The molecule has 7 nitrogen and oxygen atoms in total. The van der Waals surface area contributed by atoms with E-state index in [1.807, 2.05) is 24.3 Å². The zero-order valence-corrected chi connectivity index (χ0v) is 19.3. The molecule has 0 N–H and O–H groups in total. The van der Waals surface area contributed by atoms with Gasteiger partial charge in [0.05, 0.1) is 23.4 Å². The third-order valence-electron chi connectivity index (χ3n) is 5.96. The standard InChI is InChI=1S/C25H25N3O4S/c1-2-17-7-5-9-21-22(17)26-25(33-21)28(11-10-27-12-14-31-15-13-27)23(29)19-16-18-6-3-4-8-20(18)32-24(19)30/h3-9,16H,2,10-15H2,1H3. The summed E-state index contributed by atoms with van der Waals surface area (Å²) in [5.41, 5.74) is 1.90. The zero-order chi connectivity index (χ0) is 22.8. The van der Waals surface area contributed by atoms with E-state index in [2.05, 4.69) is 17.9 Å². The van der Waals surface area contributed by atoms with Gasteiger partial charge in [0.15, 0.2) is 5.13 Å². The molecule has 1 aliphatic rings. The van der Waals surface area contributed by atoms with Gasteiger partial charge < -0.3 is 9.15 Å². The van der Waals surface area contributed by atoms with Crippen molar-refractivity contribution < 1.29 is 13.9 Å². The fourth-order valence-corrected chi connectivity index (χ4v) is 5.14. The van der Waals surface area contributed by atoms with Gasteiger partial charge in [-0.25, -0.2) is 9.78 Å². The van der Waals surface area contributed by atoms with Crippen molar-refractivity contribution in [1.82, 2.24) is 9.88 Å². The number of fused-ring (bicyclic) bond motifs is 2. The number of morpholine rings is 1. The van der Waals surface area contributed by atoms with E-state index in [-0.39, 0.29) is 11.5 Å². The van der Waals surface area contributed by atoms with Crippen LogP contribution in [0.15, 0.2) is 57.7 Å². The molecule has 1 fully saturated rings. The van der Waals surface area contributed by atoms with Gasteiger partial charge in [-0.05, 0) is 30.2 Å². The Bertz CT molecular complexity index is 1360. The van der Waals surface area contributed by atoms with Gasteiger partial charge in [-0.1, -0.05) is 48.6 Å². The topological polar surface area (TPSA) is 75.9 Å². The molecule has 2 aromatic carbocycles. The van der Waals surface area contributed by atoms with E-state index in [9.17, 15) is 9.59 Å². The van der Waals surface area contributed by atoms with E-state index in [1.54, 1.807) is 23.1 Å². The van der Waals surface area contributed by atoms with Gasteiger partial charge in [0.2, 0.25) is 0 Å². The first-order chi connectivity index (χ1) is 16.1. The van der Waals surface area contributed by atoms with Crippen molar-refractivity contribution in [3.05, 3.63) is 70.1 Å². The largest absolute Gasteiger partial charge is 0.422 e. The molecule has 1 aliphatic heterocycles. The minimum absolute atomic E-state index is 0.0191. The highest BCUT2D eigenvalue weighted by Crippen LogP contribution is 2.32. The Hall–Kier alpha value is -3.07. The lowest BCUT2D eigenvalue weighted by atomic mass is 10.1. The third kappa shape index (κ3) is 4.42. The lowest BCUT2D eigenvalue weighted by Gasteiger charge is -2.29. The Balaban J connectivity index is 1.54. The van der Waals surface area contributed by atoms with Crippen LogP contribution < -0.4 is 10.5 Å². The fraction of sp³-hybridized carbons (Fsp3) is 0.320. The number of thiazole rings is 1. The first-order valence-corrected chi connectivity index (χ1v) is 12.0. The number of hydrogen-bond donors (Lipinski definition) is 0. The normalized spacial score (nSPS) is 14.7. The molecule has 0 atom stereocenters. The van der Waals surface area contributed by atoms with Crippen molar-refractivity contribution in [2.24, 2.45) is 0 Å². The number of para-hydroxylation sites is 2. The molecule has 0 aliphatic carbocycles. The van der Waals surface area contributed by atoms with Crippen LogP contribution in [0.3, 0.4) is 0 Å². The van der Waals surface area contributed by atoms with Crippen LogP contribution in [-0.4, -0.2) is 55.2 Å². The highest BCUT2D eigenvalue weighted by Gasteiger charge is 2.26. The SMILES string of the molecule is CCc1cccc2sc(N(CCN3CCOCC3)C(=O)c3cc4ccccc4oc3=O)nc12. The highest BCUT2D eigenvalue weighted by molar-refractivity contribution is 7.22. The number of anilines is 1. The van der Waals surface area contributed by atoms with Crippen LogP contribution in [0.5, 0.6) is 0 Å². The number of aryl methyl sites for hydroxylation is 1. The van der Waals surface area contributed by atoms with Crippen LogP contribution in [0.2, 0.25) is 0 Å². The summed E-state index contributed by atoms with van der Waals surface area (Å²) >= 11 is 1.47. The number of amides is 1. The van der Waals surface area contributed by atoms with E-state index in [0.29, 0.717) is 42.4 Å². The molecule has 0 unspecified atom stereocenters. The molecule has 0 saturated carbocycles. The van der Waals surface area contributed by atoms with Crippen molar-refractivity contribution in [1.29, 1.82) is 0 Å². The Morgan fingerprint density at radius 2 is 1.97 bits per heavy atom. The number of benzene rings is 2. The van der Waals surface area contributed by atoms with Crippen LogP contribution >= 0.6 is 11.3 Å². The Morgan fingerprint density at radius 3 is 2.79 bits per heavy atom. The number of ether oxygens (including phenoxy) is 1. The van der Waals surface area contributed by atoms with Gasteiger partial charge in [0, 0.05) is 31.6 Å². The molecule has 1 saturated heterocycles. The summed E-state index contributed by atoms with van der Waals surface area (Å²) in [6.07, 6.45) is 0.858. The number of carbonyl (C=O) groups is 1. The Morgan fingerprint density at radius 1 is 1.15 bits per heavy atom. The van der Waals surface area contributed by atoms with Gasteiger partial charge in [0.1, 0.15) is 11.1 Å². The maximum Gasteiger partial charge on any atom is 0.349 e. The first-order valence-electron chi connectivity index (χ1n) is 11.2. The molecule has 5 rings (SSSR count). The summed E-state index contributed by atoms with van der Waals surface area (Å²) in [6, 6.07) is 14.9. The third-order valence-corrected chi connectivity index (χ3v) is 7.01. The van der Waals surface area contributed by atoms with Gasteiger partial charge in [0.25, 0.3) is 5.91 Å². The minimum atomic E-state index is -0.634. The molecule has 1 amide bonds.